The normalized spacial score (nSPS) is 14.1. The van der Waals surface area contributed by atoms with E-state index in [-0.39, 0.29) is 18.6 Å². The number of aliphatic hydroxyl groups is 1. The minimum Gasteiger partial charge on any atom is -0.395 e. The van der Waals surface area contributed by atoms with E-state index in [1.165, 1.54) is 5.56 Å². The molecule has 0 saturated heterocycles. The minimum absolute atomic E-state index is 0.0233. The standard InChI is InChI=1S/C13H18N2O/c1-11(8-14)9-15-13(10-16)7-12-5-3-2-4-6-12/h2-6,11,13,15-16H,7,9-10H2,1H3. The van der Waals surface area contributed by atoms with Gasteiger partial charge in [-0.15, -0.1) is 0 Å². The van der Waals surface area contributed by atoms with Crippen molar-refractivity contribution in [2.75, 3.05) is 13.2 Å². The van der Waals surface area contributed by atoms with E-state index in [9.17, 15) is 5.11 Å². The van der Waals surface area contributed by atoms with Crippen molar-refractivity contribution in [1.82, 2.24) is 5.32 Å². The third-order valence-electron chi connectivity index (χ3n) is 2.48. The molecule has 0 aliphatic carbocycles. The molecule has 0 fully saturated rings. The van der Waals surface area contributed by atoms with Crippen LogP contribution < -0.4 is 5.32 Å². The van der Waals surface area contributed by atoms with Crippen molar-refractivity contribution in [3.8, 4) is 6.07 Å². The smallest absolute Gasteiger partial charge is 0.0666 e. The summed E-state index contributed by atoms with van der Waals surface area (Å²) < 4.78 is 0. The summed E-state index contributed by atoms with van der Waals surface area (Å²) in [4.78, 5) is 0. The van der Waals surface area contributed by atoms with Gasteiger partial charge in [0.05, 0.1) is 18.6 Å². The zero-order valence-corrected chi connectivity index (χ0v) is 9.56. The van der Waals surface area contributed by atoms with E-state index in [0.717, 1.165) is 6.42 Å². The van der Waals surface area contributed by atoms with Gasteiger partial charge in [0.15, 0.2) is 0 Å². The van der Waals surface area contributed by atoms with Gasteiger partial charge >= 0.3 is 0 Å². The molecule has 16 heavy (non-hydrogen) atoms. The molecule has 3 nitrogen and oxygen atoms in total. The van der Waals surface area contributed by atoms with E-state index in [4.69, 9.17) is 5.26 Å². The zero-order valence-electron chi connectivity index (χ0n) is 9.56. The van der Waals surface area contributed by atoms with E-state index in [1.54, 1.807) is 0 Å². The Hall–Kier alpha value is -1.37. The number of nitrogens with one attached hydrogen (secondary N) is 1. The van der Waals surface area contributed by atoms with Crippen LogP contribution in [0.15, 0.2) is 30.3 Å². The summed E-state index contributed by atoms with van der Waals surface area (Å²) in [6.45, 7) is 2.57. The first-order chi connectivity index (χ1) is 7.76. The Morgan fingerprint density at radius 2 is 2.06 bits per heavy atom. The lowest BCUT2D eigenvalue weighted by Crippen LogP contribution is -2.37. The fourth-order valence-corrected chi connectivity index (χ4v) is 1.49. The third kappa shape index (κ3) is 4.43. The predicted molar refractivity (Wildman–Crippen MR) is 63.8 cm³/mol. The maximum absolute atomic E-state index is 9.23. The molecule has 1 aromatic carbocycles. The highest BCUT2D eigenvalue weighted by molar-refractivity contribution is 5.15. The number of benzene rings is 1. The van der Waals surface area contributed by atoms with Crippen molar-refractivity contribution in [2.24, 2.45) is 5.92 Å². The molecule has 2 unspecified atom stereocenters. The monoisotopic (exact) mass is 218 g/mol. The van der Waals surface area contributed by atoms with Crippen LogP contribution in [-0.4, -0.2) is 24.3 Å². The molecule has 0 heterocycles. The average Bonchev–Trinajstić information content (AvgIpc) is 2.35. The lowest BCUT2D eigenvalue weighted by atomic mass is 10.1. The SMILES string of the molecule is CC(C#N)CNC(CO)Cc1ccccc1. The Labute approximate surface area is 96.7 Å². The van der Waals surface area contributed by atoms with E-state index in [2.05, 4.69) is 11.4 Å². The molecular formula is C13H18N2O. The second kappa shape index (κ2) is 7.00. The van der Waals surface area contributed by atoms with Crippen molar-refractivity contribution >= 4 is 0 Å². The Morgan fingerprint density at radius 3 is 2.62 bits per heavy atom. The van der Waals surface area contributed by atoms with Crippen molar-refractivity contribution < 1.29 is 5.11 Å². The Morgan fingerprint density at radius 1 is 1.38 bits per heavy atom. The molecule has 0 aliphatic rings. The summed E-state index contributed by atoms with van der Waals surface area (Å²) in [7, 11) is 0. The van der Waals surface area contributed by atoms with Gasteiger partial charge in [0.2, 0.25) is 0 Å². The number of hydrogen-bond donors (Lipinski definition) is 2. The molecule has 0 aliphatic heterocycles. The van der Waals surface area contributed by atoms with Gasteiger partial charge in [-0.1, -0.05) is 30.3 Å². The number of aliphatic hydroxyl groups excluding tert-OH is 1. The third-order valence-corrected chi connectivity index (χ3v) is 2.48. The highest BCUT2D eigenvalue weighted by Crippen LogP contribution is 2.03. The molecular weight excluding hydrogens is 200 g/mol. The summed E-state index contributed by atoms with van der Waals surface area (Å²) in [5.41, 5.74) is 1.19. The quantitative estimate of drug-likeness (QED) is 0.757. The highest BCUT2D eigenvalue weighted by atomic mass is 16.3. The summed E-state index contributed by atoms with van der Waals surface area (Å²) in [5, 5.41) is 21.1. The van der Waals surface area contributed by atoms with E-state index in [0.29, 0.717) is 6.54 Å². The van der Waals surface area contributed by atoms with Gasteiger partial charge in [0.25, 0.3) is 0 Å². The number of nitrogens with zero attached hydrogens (tertiary/aromatic N) is 1. The number of nitriles is 1. The van der Waals surface area contributed by atoms with Gasteiger partial charge in [-0.05, 0) is 18.9 Å². The first kappa shape index (κ1) is 12.7. The molecule has 0 aromatic heterocycles. The molecule has 86 valence electrons. The highest BCUT2D eigenvalue weighted by Gasteiger charge is 2.09. The van der Waals surface area contributed by atoms with Crippen LogP contribution in [0.5, 0.6) is 0 Å². The minimum atomic E-state index is -0.0233. The molecule has 0 radical (unpaired) electrons. The molecule has 0 saturated carbocycles. The first-order valence-corrected chi connectivity index (χ1v) is 5.54. The van der Waals surface area contributed by atoms with E-state index in [1.807, 2.05) is 37.3 Å². The lowest BCUT2D eigenvalue weighted by molar-refractivity contribution is 0.239. The van der Waals surface area contributed by atoms with Crippen molar-refractivity contribution in [3.05, 3.63) is 35.9 Å². The Bertz CT molecular complexity index is 332. The zero-order chi connectivity index (χ0) is 11.8. The lowest BCUT2D eigenvalue weighted by Gasteiger charge is -2.17. The largest absolute Gasteiger partial charge is 0.395 e. The fraction of sp³-hybridized carbons (Fsp3) is 0.462. The van der Waals surface area contributed by atoms with Gasteiger partial charge < -0.3 is 10.4 Å². The summed E-state index contributed by atoms with van der Waals surface area (Å²) in [6, 6.07) is 12.2. The summed E-state index contributed by atoms with van der Waals surface area (Å²) in [6.07, 6.45) is 0.787. The summed E-state index contributed by atoms with van der Waals surface area (Å²) >= 11 is 0. The van der Waals surface area contributed by atoms with Crippen LogP contribution in [0.4, 0.5) is 0 Å². The molecule has 2 atom stereocenters. The number of hydrogen-bond acceptors (Lipinski definition) is 3. The van der Waals surface area contributed by atoms with Crippen LogP contribution in [0.2, 0.25) is 0 Å². The van der Waals surface area contributed by atoms with E-state index < -0.39 is 0 Å². The van der Waals surface area contributed by atoms with Crippen LogP contribution >= 0.6 is 0 Å². The molecule has 0 spiro atoms. The topological polar surface area (TPSA) is 56.0 Å². The van der Waals surface area contributed by atoms with Crippen LogP contribution in [-0.2, 0) is 6.42 Å². The maximum atomic E-state index is 9.23. The summed E-state index contributed by atoms with van der Waals surface area (Å²) in [5.74, 6) is -0.0233. The maximum Gasteiger partial charge on any atom is 0.0666 e. The van der Waals surface area contributed by atoms with Crippen molar-refractivity contribution in [3.63, 3.8) is 0 Å². The molecule has 3 heteroatoms. The molecule has 0 amide bonds. The fourth-order valence-electron chi connectivity index (χ4n) is 1.49. The van der Waals surface area contributed by atoms with Crippen molar-refractivity contribution in [1.29, 1.82) is 5.26 Å². The van der Waals surface area contributed by atoms with Crippen LogP contribution in [0.1, 0.15) is 12.5 Å². The van der Waals surface area contributed by atoms with Crippen LogP contribution in [0.25, 0.3) is 0 Å². The molecule has 1 aromatic rings. The second-order valence-electron chi connectivity index (χ2n) is 4.01. The first-order valence-electron chi connectivity index (χ1n) is 5.54. The van der Waals surface area contributed by atoms with Gasteiger partial charge in [-0.2, -0.15) is 5.26 Å². The van der Waals surface area contributed by atoms with Crippen LogP contribution in [0.3, 0.4) is 0 Å². The van der Waals surface area contributed by atoms with Gasteiger partial charge in [-0.25, -0.2) is 0 Å². The predicted octanol–water partition coefficient (Wildman–Crippen LogP) is 1.34. The molecule has 0 bridgehead atoms. The van der Waals surface area contributed by atoms with E-state index >= 15 is 0 Å². The average molecular weight is 218 g/mol. The van der Waals surface area contributed by atoms with Crippen molar-refractivity contribution in [2.45, 2.75) is 19.4 Å². The van der Waals surface area contributed by atoms with Gasteiger partial charge in [0.1, 0.15) is 0 Å². The van der Waals surface area contributed by atoms with Crippen LogP contribution in [0, 0.1) is 17.2 Å². The number of rotatable bonds is 6. The Balaban J connectivity index is 2.41. The van der Waals surface area contributed by atoms with Gasteiger partial charge in [-0.3, -0.25) is 0 Å². The van der Waals surface area contributed by atoms with Gasteiger partial charge in [0, 0.05) is 12.6 Å². The second-order valence-corrected chi connectivity index (χ2v) is 4.01. The Kier molecular flexibility index (Phi) is 5.55. The molecule has 1 rings (SSSR count). The molecule has 2 N–H and O–H groups in total.